The second-order valence-corrected chi connectivity index (χ2v) is 4.03. The maximum atomic E-state index is 11.8. The number of amides is 1. The molecule has 0 saturated heterocycles. The first kappa shape index (κ1) is 10.2. The van der Waals surface area contributed by atoms with E-state index in [0.717, 1.165) is 31.5 Å². The standard InChI is InChI=1S/C13H17NO/c1-2-3-10-14-12-7-5-4-6-11(12)8-9-13(14)15/h4-7H,2-3,8-10H2,1H3. The third-order valence-corrected chi connectivity index (χ3v) is 2.93. The van der Waals surface area contributed by atoms with E-state index in [0.29, 0.717) is 6.42 Å². The Kier molecular flexibility index (Phi) is 3.05. The van der Waals surface area contributed by atoms with Gasteiger partial charge in [-0.15, -0.1) is 0 Å². The number of hydrogen-bond acceptors (Lipinski definition) is 1. The van der Waals surface area contributed by atoms with Crippen molar-refractivity contribution in [2.45, 2.75) is 32.6 Å². The summed E-state index contributed by atoms with van der Waals surface area (Å²) in [6, 6.07) is 8.24. The summed E-state index contributed by atoms with van der Waals surface area (Å²) in [5, 5.41) is 0. The molecule has 1 aliphatic heterocycles. The minimum atomic E-state index is 0.280. The van der Waals surface area contributed by atoms with Crippen LogP contribution in [0.2, 0.25) is 0 Å². The Bertz CT molecular complexity index is 359. The van der Waals surface area contributed by atoms with Crippen LogP contribution in [0.5, 0.6) is 0 Å². The minimum absolute atomic E-state index is 0.280. The van der Waals surface area contributed by atoms with Gasteiger partial charge in [0.2, 0.25) is 5.91 Å². The molecule has 0 radical (unpaired) electrons. The van der Waals surface area contributed by atoms with Crippen molar-refractivity contribution in [3.8, 4) is 0 Å². The van der Waals surface area contributed by atoms with Crippen LogP contribution >= 0.6 is 0 Å². The number of para-hydroxylation sites is 1. The van der Waals surface area contributed by atoms with E-state index in [1.807, 2.05) is 17.0 Å². The van der Waals surface area contributed by atoms with Crippen LogP contribution in [0.15, 0.2) is 24.3 Å². The minimum Gasteiger partial charge on any atom is -0.312 e. The molecule has 1 heterocycles. The van der Waals surface area contributed by atoms with Crippen molar-refractivity contribution < 1.29 is 4.79 Å². The smallest absolute Gasteiger partial charge is 0.227 e. The third kappa shape index (κ3) is 2.04. The van der Waals surface area contributed by atoms with Crippen molar-refractivity contribution >= 4 is 11.6 Å². The highest BCUT2D eigenvalue weighted by atomic mass is 16.2. The Balaban J connectivity index is 2.25. The molecule has 15 heavy (non-hydrogen) atoms. The zero-order valence-electron chi connectivity index (χ0n) is 9.20. The second-order valence-electron chi connectivity index (χ2n) is 4.03. The molecule has 0 fully saturated rings. The Morgan fingerprint density at radius 2 is 2.07 bits per heavy atom. The average Bonchev–Trinajstić information content (AvgIpc) is 2.28. The first-order valence-electron chi connectivity index (χ1n) is 5.71. The summed E-state index contributed by atoms with van der Waals surface area (Å²) >= 11 is 0. The molecule has 1 amide bonds. The van der Waals surface area contributed by atoms with Gasteiger partial charge in [0.1, 0.15) is 0 Å². The maximum absolute atomic E-state index is 11.8. The molecular weight excluding hydrogens is 186 g/mol. The summed E-state index contributed by atoms with van der Waals surface area (Å²) in [6.45, 7) is 3.02. The van der Waals surface area contributed by atoms with E-state index in [1.54, 1.807) is 0 Å². The molecule has 2 nitrogen and oxygen atoms in total. The van der Waals surface area contributed by atoms with Gasteiger partial charge in [-0.25, -0.2) is 0 Å². The lowest BCUT2D eigenvalue weighted by molar-refractivity contribution is -0.118. The number of aryl methyl sites for hydroxylation is 1. The first-order valence-corrected chi connectivity index (χ1v) is 5.71. The van der Waals surface area contributed by atoms with E-state index in [4.69, 9.17) is 0 Å². The highest BCUT2D eigenvalue weighted by molar-refractivity contribution is 5.96. The molecule has 0 spiro atoms. The van der Waals surface area contributed by atoms with Gasteiger partial charge in [-0.3, -0.25) is 4.79 Å². The Labute approximate surface area is 90.9 Å². The molecule has 0 bridgehead atoms. The number of carbonyl (C=O) groups excluding carboxylic acids is 1. The van der Waals surface area contributed by atoms with Crippen molar-refractivity contribution in [2.24, 2.45) is 0 Å². The molecule has 1 aromatic carbocycles. The number of nitrogens with zero attached hydrogens (tertiary/aromatic N) is 1. The summed E-state index contributed by atoms with van der Waals surface area (Å²) < 4.78 is 0. The second kappa shape index (κ2) is 4.47. The molecule has 0 atom stereocenters. The third-order valence-electron chi connectivity index (χ3n) is 2.93. The van der Waals surface area contributed by atoms with E-state index >= 15 is 0 Å². The predicted octanol–water partition coefficient (Wildman–Crippen LogP) is 2.77. The van der Waals surface area contributed by atoms with Gasteiger partial charge in [0.15, 0.2) is 0 Å². The normalized spacial score (nSPS) is 15.3. The summed E-state index contributed by atoms with van der Waals surface area (Å²) in [4.78, 5) is 13.7. The highest BCUT2D eigenvalue weighted by Gasteiger charge is 2.22. The number of unbranched alkanes of at least 4 members (excludes halogenated alkanes) is 1. The van der Waals surface area contributed by atoms with Crippen LogP contribution in [0.4, 0.5) is 5.69 Å². The van der Waals surface area contributed by atoms with Gasteiger partial charge >= 0.3 is 0 Å². The Morgan fingerprint density at radius 1 is 1.27 bits per heavy atom. The number of anilines is 1. The summed E-state index contributed by atoms with van der Waals surface area (Å²) in [5.41, 5.74) is 2.44. The van der Waals surface area contributed by atoms with E-state index in [2.05, 4.69) is 19.1 Å². The van der Waals surface area contributed by atoms with Crippen molar-refractivity contribution in [2.75, 3.05) is 11.4 Å². The Hall–Kier alpha value is -1.31. The molecular formula is C13H17NO. The molecule has 1 aliphatic rings. The SMILES string of the molecule is CCCCN1C(=O)CCc2ccccc21. The number of rotatable bonds is 3. The van der Waals surface area contributed by atoms with Gasteiger partial charge < -0.3 is 4.90 Å². The van der Waals surface area contributed by atoms with E-state index in [1.165, 1.54) is 5.56 Å². The molecule has 0 aliphatic carbocycles. The van der Waals surface area contributed by atoms with Gasteiger partial charge in [-0.2, -0.15) is 0 Å². The van der Waals surface area contributed by atoms with Gasteiger partial charge in [0.25, 0.3) is 0 Å². The van der Waals surface area contributed by atoms with Crippen molar-refractivity contribution in [3.05, 3.63) is 29.8 Å². The lowest BCUT2D eigenvalue weighted by Crippen LogP contribution is -2.35. The van der Waals surface area contributed by atoms with Crippen molar-refractivity contribution in [3.63, 3.8) is 0 Å². The fourth-order valence-electron chi connectivity index (χ4n) is 2.06. The lowest BCUT2D eigenvalue weighted by atomic mass is 10.0. The molecule has 80 valence electrons. The maximum Gasteiger partial charge on any atom is 0.227 e. The summed E-state index contributed by atoms with van der Waals surface area (Å²) in [7, 11) is 0. The van der Waals surface area contributed by atoms with Gasteiger partial charge in [0.05, 0.1) is 0 Å². The van der Waals surface area contributed by atoms with Gasteiger partial charge in [-0.05, 0) is 24.5 Å². The van der Waals surface area contributed by atoms with Crippen LogP contribution in [0.1, 0.15) is 31.7 Å². The molecule has 0 aromatic heterocycles. The molecule has 0 saturated carbocycles. The number of fused-ring (bicyclic) bond motifs is 1. The van der Waals surface area contributed by atoms with E-state index in [-0.39, 0.29) is 5.91 Å². The summed E-state index contributed by atoms with van der Waals surface area (Å²) in [5.74, 6) is 0.280. The van der Waals surface area contributed by atoms with Crippen molar-refractivity contribution in [1.82, 2.24) is 0 Å². The highest BCUT2D eigenvalue weighted by Crippen LogP contribution is 2.27. The first-order chi connectivity index (χ1) is 7.33. The number of hydrogen-bond donors (Lipinski definition) is 0. The monoisotopic (exact) mass is 203 g/mol. The fourth-order valence-corrected chi connectivity index (χ4v) is 2.06. The zero-order chi connectivity index (χ0) is 10.7. The van der Waals surface area contributed by atoms with Crippen molar-refractivity contribution in [1.29, 1.82) is 0 Å². The largest absolute Gasteiger partial charge is 0.312 e. The molecule has 0 unspecified atom stereocenters. The van der Waals surface area contributed by atoms with Crippen LogP contribution in [-0.2, 0) is 11.2 Å². The molecule has 2 rings (SSSR count). The van der Waals surface area contributed by atoms with Crippen LogP contribution in [0.25, 0.3) is 0 Å². The van der Waals surface area contributed by atoms with Gasteiger partial charge in [-0.1, -0.05) is 31.5 Å². The van der Waals surface area contributed by atoms with Crippen LogP contribution in [-0.4, -0.2) is 12.5 Å². The predicted molar refractivity (Wildman–Crippen MR) is 62.0 cm³/mol. The lowest BCUT2D eigenvalue weighted by Gasteiger charge is -2.29. The number of benzene rings is 1. The zero-order valence-corrected chi connectivity index (χ0v) is 9.20. The molecule has 2 heteroatoms. The molecule has 1 aromatic rings. The topological polar surface area (TPSA) is 20.3 Å². The fraction of sp³-hybridized carbons (Fsp3) is 0.462. The Morgan fingerprint density at radius 3 is 2.87 bits per heavy atom. The van der Waals surface area contributed by atoms with E-state index < -0.39 is 0 Å². The molecule has 0 N–H and O–H groups in total. The average molecular weight is 203 g/mol. The van der Waals surface area contributed by atoms with E-state index in [9.17, 15) is 4.79 Å². The van der Waals surface area contributed by atoms with Crippen LogP contribution in [0.3, 0.4) is 0 Å². The summed E-state index contributed by atoms with van der Waals surface area (Å²) in [6.07, 6.45) is 3.78. The number of carbonyl (C=O) groups is 1. The van der Waals surface area contributed by atoms with Gasteiger partial charge in [0, 0.05) is 18.7 Å². The van der Waals surface area contributed by atoms with Crippen LogP contribution < -0.4 is 4.90 Å². The quantitative estimate of drug-likeness (QED) is 0.739. The van der Waals surface area contributed by atoms with Crippen LogP contribution in [0, 0.1) is 0 Å².